The number of rotatable bonds is 2. The first kappa shape index (κ1) is 8.87. The Labute approximate surface area is 87.6 Å². The maximum Gasteiger partial charge on any atom is 0.149 e. The number of aliphatic imine (C=N–C) groups is 1. The largest absolute Gasteiger partial charge is 0.367 e. The maximum atomic E-state index is 4.38. The van der Waals surface area contributed by atoms with Gasteiger partial charge in [0, 0.05) is 19.6 Å². The Morgan fingerprint density at radius 1 is 1.20 bits per heavy atom. The summed E-state index contributed by atoms with van der Waals surface area (Å²) in [4.78, 5) is 11.9. The molecule has 0 radical (unpaired) electrons. The minimum Gasteiger partial charge on any atom is -0.367 e. The van der Waals surface area contributed by atoms with Gasteiger partial charge in [-0.05, 0) is 0 Å². The lowest BCUT2D eigenvalue weighted by atomic mass is 10.2. The van der Waals surface area contributed by atoms with Gasteiger partial charge in [-0.15, -0.1) is 0 Å². The lowest BCUT2D eigenvalue weighted by Gasteiger charge is -2.10. The number of hydrogen-bond donors (Lipinski definition) is 4. The van der Waals surface area contributed by atoms with Crippen LogP contribution in [0.2, 0.25) is 0 Å². The van der Waals surface area contributed by atoms with Gasteiger partial charge in [0.1, 0.15) is 17.7 Å². The highest BCUT2D eigenvalue weighted by atomic mass is 15.2. The van der Waals surface area contributed by atoms with Crippen LogP contribution in [0.1, 0.15) is 17.6 Å². The van der Waals surface area contributed by atoms with Crippen LogP contribution in [0, 0.1) is 0 Å². The minimum atomic E-state index is 0.174. The standard InChI is InChI=1S/C9H14N6/c1-2-11-8(10-1)6-7(15-5-14-6)9-12-3-4-13-9/h5,8,10-11H,1-4H2,(H,12,13)(H,14,15). The second kappa shape index (κ2) is 3.63. The number of nitrogens with one attached hydrogen (secondary N) is 4. The number of aromatic nitrogens is 2. The second-order valence-corrected chi connectivity index (χ2v) is 3.66. The van der Waals surface area contributed by atoms with Crippen LogP contribution < -0.4 is 16.0 Å². The molecule has 0 saturated carbocycles. The molecule has 0 aliphatic carbocycles. The van der Waals surface area contributed by atoms with Gasteiger partial charge >= 0.3 is 0 Å². The Morgan fingerprint density at radius 2 is 2.07 bits per heavy atom. The van der Waals surface area contributed by atoms with E-state index in [1.165, 1.54) is 0 Å². The second-order valence-electron chi connectivity index (χ2n) is 3.66. The predicted octanol–water partition coefficient (Wildman–Crippen LogP) is -1.05. The minimum absolute atomic E-state index is 0.174. The lowest BCUT2D eigenvalue weighted by molar-refractivity contribution is 0.573. The maximum absolute atomic E-state index is 4.38. The zero-order valence-corrected chi connectivity index (χ0v) is 8.38. The Kier molecular flexibility index (Phi) is 2.15. The summed E-state index contributed by atoms with van der Waals surface area (Å²) in [5.74, 6) is 0.904. The molecule has 0 amide bonds. The van der Waals surface area contributed by atoms with Crippen LogP contribution in [0.3, 0.4) is 0 Å². The molecule has 2 aliphatic heterocycles. The number of aromatic amines is 1. The van der Waals surface area contributed by atoms with Crippen LogP contribution in [-0.4, -0.2) is 42.0 Å². The summed E-state index contributed by atoms with van der Waals surface area (Å²) in [7, 11) is 0. The third-order valence-corrected chi connectivity index (χ3v) is 2.68. The van der Waals surface area contributed by atoms with Gasteiger partial charge in [-0.1, -0.05) is 0 Å². The van der Waals surface area contributed by atoms with Crippen molar-refractivity contribution in [1.29, 1.82) is 0 Å². The molecule has 80 valence electrons. The van der Waals surface area contributed by atoms with Crippen molar-refractivity contribution in [2.45, 2.75) is 6.17 Å². The van der Waals surface area contributed by atoms with Gasteiger partial charge in [-0.25, -0.2) is 4.98 Å². The fraction of sp³-hybridized carbons (Fsp3) is 0.556. The van der Waals surface area contributed by atoms with E-state index >= 15 is 0 Å². The lowest BCUT2D eigenvalue weighted by Crippen LogP contribution is -2.27. The van der Waals surface area contributed by atoms with Gasteiger partial charge in [-0.2, -0.15) is 0 Å². The van der Waals surface area contributed by atoms with Crippen molar-refractivity contribution in [1.82, 2.24) is 25.9 Å². The summed E-state index contributed by atoms with van der Waals surface area (Å²) in [5, 5.41) is 9.95. The Balaban J connectivity index is 1.91. The first-order chi connectivity index (χ1) is 7.45. The molecule has 15 heavy (non-hydrogen) atoms. The van der Waals surface area contributed by atoms with Crippen LogP contribution in [-0.2, 0) is 0 Å². The van der Waals surface area contributed by atoms with E-state index in [1.54, 1.807) is 6.33 Å². The summed E-state index contributed by atoms with van der Waals surface area (Å²) < 4.78 is 0. The van der Waals surface area contributed by atoms with Crippen LogP contribution in [0.4, 0.5) is 0 Å². The van der Waals surface area contributed by atoms with Crippen molar-refractivity contribution in [2.24, 2.45) is 4.99 Å². The molecule has 0 unspecified atom stereocenters. The molecule has 1 fully saturated rings. The number of nitrogens with zero attached hydrogens (tertiary/aromatic N) is 2. The number of H-pyrrole nitrogens is 1. The topological polar surface area (TPSA) is 77.1 Å². The summed E-state index contributed by atoms with van der Waals surface area (Å²) in [5.41, 5.74) is 2.00. The fourth-order valence-corrected chi connectivity index (χ4v) is 1.98. The zero-order valence-electron chi connectivity index (χ0n) is 8.38. The molecule has 1 aromatic rings. The summed E-state index contributed by atoms with van der Waals surface area (Å²) in [6.45, 7) is 3.73. The van der Waals surface area contributed by atoms with Crippen LogP contribution >= 0.6 is 0 Å². The quantitative estimate of drug-likeness (QED) is 0.498. The highest BCUT2D eigenvalue weighted by Crippen LogP contribution is 2.14. The van der Waals surface area contributed by atoms with Crippen LogP contribution in [0.15, 0.2) is 11.3 Å². The number of amidine groups is 1. The van der Waals surface area contributed by atoms with Crippen molar-refractivity contribution < 1.29 is 0 Å². The Morgan fingerprint density at radius 3 is 2.80 bits per heavy atom. The molecule has 6 heteroatoms. The summed E-state index contributed by atoms with van der Waals surface area (Å²) in [6.07, 6.45) is 1.89. The van der Waals surface area contributed by atoms with Gasteiger partial charge in [0.2, 0.25) is 0 Å². The first-order valence-electron chi connectivity index (χ1n) is 5.24. The van der Waals surface area contributed by atoms with Gasteiger partial charge in [0.15, 0.2) is 0 Å². The van der Waals surface area contributed by atoms with Crippen molar-refractivity contribution in [3.05, 3.63) is 17.7 Å². The van der Waals surface area contributed by atoms with Gasteiger partial charge < -0.3 is 10.3 Å². The van der Waals surface area contributed by atoms with E-state index in [0.717, 1.165) is 43.4 Å². The average Bonchev–Trinajstić information content (AvgIpc) is 3.01. The van der Waals surface area contributed by atoms with Crippen LogP contribution in [0.25, 0.3) is 0 Å². The van der Waals surface area contributed by atoms with E-state index in [4.69, 9.17) is 0 Å². The third-order valence-electron chi connectivity index (χ3n) is 2.68. The molecule has 4 N–H and O–H groups in total. The van der Waals surface area contributed by atoms with E-state index in [2.05, 4.69) is 30.9 Å². The van der Waals surface area contributed by atoms with Crippen molar-refractivity contribution in [2.75, 3.05) is 26.2 Å². The van der Waals surface area contributed by atoms with Crippen molar-refractivity contribution >= 4 is 5.84 Å². The van der Waals surface area contributed by atoms with Crippen LogP contribution in [0.5, 0.6) is 0 Å². The van der Waals surface area contributed by atoms with E-state index in [0.29, 0.717) is 0 Å². The number of hydrogen-bond acceptors (Lipinski definition) is 5. The highest BCUT2D eigenvalue weighted by Gasteiger charge is 2.23. The normalized spacial score (nSPS) is 21.7. The molecule has 0 atom stereocenters. The Hall–Kier alpha value is -1.40. The third kappa shape index (κ3) is 1.51. The van der Waals surface area contributed by atoms with Crippen molar-refractivity contribution in [3.8, 4) is 0 Å². The summed E-state index contributed by atoms with van der Waals surface area (Å²) in [6, 6.07) is 0. The highest BCUT2D eigenvalue weighted by molar-refractivity contribution is 5.99. The monoisotopic (exact) mass is 206 g/mol. The molecule has 2 aliphatic rings. The molecule has 0 aromatic carbocycles. The average molecular weight is 206 g/mol. The SMILES string of the molecule is c1nc(C2=NCCN2)c(C2NCCN2)[nH]1. The van der Waals surface area contributed by atoms with Gasteiger partial charge in [-0.3, -0.25) is 15.6 Å². The molecular weight excluding hydrogens is 192 g/mol. The number of imidazole rings is 1. The van der Waals surface area contributed by atoms with E-state index in [9.17, 15) is 0 Å². The fourth-order valence-electron chi connectivity index (χ4n) is 1.98. The first-order valence-corrected chi connectivity index (χ1v) is 5.24. The molecule has 1 aromatic heterocycles. The smallest absolute Gasteiger partial charge is 0.149 e. The molecule has 3 rings (SSSR count). The molecular formula is C9H14N6. The molecule has 3 heterocycles. The molecule has 1 saturated heterocycles. The zero-order chi connectivity index (χ0) is 10.1. The Bertz CT molecular complexity index is 376. The molecule has 0 spiro atoms. The van der Waals surface area contributed by atoms with E-state index < -0.39 is 0 Å². The predicted molar refractivity (Wildman–Crippen MR) is 56.7 cm³/mol. The van der Waals surface area contributed by atoms with Crippen molar-refractivity contribution in [3.63, 3.8) is 0 Å². The van der Waals surface area contributed by atoms with E-state index in [-0.39, 0.29) is 6.17 Å². The molecule has 0 bridgehead atoms. The van der Waals surface area contributed by atoms with E-state index in [1.807, 2.05) is 0 Å². The summed E-state index contributed by atoms with van der Waals surface area (Å²) >= 11 is 0. The van der Waals surface area contributed by atoms with Gasteiger partial charge in [0.05, 0.1) is 18.6 Å². The molecule has 6 nitrogen and oxygen atoms in total. The van der Waals surface area contributed by atoms with Gasteiger partial charge in [0.25, 0.3) is 0 Å².